The van der Waals surface area contributed by atoms with Crippen molar-refractivity contribution < 1.29 is 8.78 Å². The Hall–Kier alpha value is -2.46. The summed E-state index contributed by atoms with van der Waals surface area (Å²) >= 11 is 0. The molecule has 0 bridgehead atoms. The van der Waals surface area contributed by atoms with Gasteiger partial charge in [-0.25, -0.2) is 8.78 Å². The molecule has 0 fully saturated rings. The second kappa shape index (κ2) is 7.88. The highest BCUT2D eigenvalue weighted by atomic mass is 19.2. The van der Waals surface area contributed by atoms with Gasteiger partial charge in [-0.2, -0.15) is 0 Å². The maximum atomic E-state index is 13.7. The number of rotatable bonds is 4. The van der Waals surface area contributed by atoms with E-state index in [4.69, 9.17) is 0 Å². The van der Waals surface area contributed by atoms with Gasteiger partial charge in [0.05, 0.1) is 6.04 Å². The Labute approximate surface area is 165 Å². The third-order valence-electron chi connectivity index (χ3n) is 5.64. The van der Waals surface area contributed by atoms with Crippen molar-refractivity contribution in [2.24, 2.45) is 0 Å². The molecule has 146 valence electrons. The number of fused-ring (bicyclic) bond motifs is 1. The van der Waals surface area contributed by atoms with Crippen LogP contribution in [-0.4, -0.2) is 16.0 Å². The van der Waals surface area contributed by atoms with Crippen molar-refractivity contribution >= 4 is 0 Å². The standard InChI is InChI=1S/C24H26F2N2/c1-17(2)19-7-9-20(10-8-19)24-23-5-3-12-27(23)13-4-14-28(24)16-18-6-11-21(25)22(26)15-18/h3,5-12,15,17,24H,4,13-14,16H2,1-2H3. The normalized spacial score (nSPS) is 17.5. The fourth-order valence-corrected chi connectivity index (χ4v) is 4.13. The fourth-order valence-electron chi connectivity index (χ4n) is 4.13. The van der Waals surface area contributed by atoms with Crippen LogP contribution in [0.3, 0.4) is 0 Å². The van der Waals surface area contributed by atoms with E-state index in [1.165, 1.54) is 29.0 Å². The number of hydrogen-bond donors (Lipinski definition) is 0. The molecule has 2 heterocycles. The van der Waals surface area contributed by atoms with Crippen LogP contribution in [0.2, 0.25) is 0 Å². The molecular weight excluding hydrogens is 354 g/mol. The van der Waals surface area contributed by atoms with Gasteiger partial charge in [-0.05, 0) is 53.3 Å². The van der Waals surface area contributed by atoms with Crippen LogP contribution in [0.4, 0.5) is 8.78 Å². The lowest BCUT2D eigenvalue weighted by molar-refractivity contribution is 0.220. The highest BCUT2D eigenvalue weighted by molar-refractivity contribution is 5.33. The summed E-state index contributed by atoms with van der Waals surface area (Å²) in [4.78, 5) is 2.37. The molecule has 28 heavy (non-hydrogen) atoms. The Kier molecular flexibility index (Phi) is 5.31. The van der Waals surface area contributed by atoms with Gasteiger partial charge < -0.3 is 4.57 Å². The van der Waals surface area contributed by atoms with Crippen molar-refractivity contribution in [3.8, 4) is 0 Å². The fraction of sp³-hybridized carbons (Fsp3) is 0.333. The topological polar surface area (TPSA) is 8.17 Å². The summed E-state index contributed by atoms with van der Waals surface area (Å²) in [6.45, 7) is 6.84. The van der Waals surface area contributed by atoms with E-state index in [0.29, 0.717) is 12.5 Å². The molecule has 2 nitrogen and oxygen atoms in total. The molecule has 3 aromatic rings. The van der Waals surface area contributed by atoms with E-state index in [2.05, 4.69) is 65.9 Å². The maximum Gasteiger partial charge on any atom is 0.159 e. The summed E-state index contributed by atoms with van der Waals surface area (Å²) in [6, 6.07) is 17.4. The third-order valence-corrected chi connectivity index (χ3v) is 5.64. The number of aryl methyl sites for hydroxylation is 1. The molecule has 0 saturated carbocycles. The van der Waals surface area contributed by atoms with E-state index in [1.54, 1.807) is 6.07 Å². The lowest BCUT2D eigenvalue weighted by Gasteiger charge is -2.31. The molecule has 0 amide bonds. The summed E-state index contributed by atoms with van der Waals surface area (Å²) in [5.74, 6) is -1.09. The lowest BCUT2D eigenvalue weighted by atomic mass is 9.96. The summed E-state index contributed by atoms with van der Waals surface area (Å²) in [6.07, 6.45) is 3.15. The van der Waals surface area contributed by atoms with E-state index in [0.717, 1.165) is 25.1 Å². The molecule has 0 N–H and O–H groups in total. The molecule has 0 radical (unpaired) electrons. The molecule has 4 heteroatoms. The average Bonchev–Trinajstić information content (AvgIpc) is 3.06. The molecule has 1 atom stereocenters. The largest absolute Gasteiger partial charge is 0.350 e. The third kappa shape index (κ3) is 3.74. The molecule has 4 rings (SSSR count). The van der Waals surface area contributed by atoms with Gasteiger partial charge in [0.2, 0.25) is 0 Å². The minimum atomic E-state index is -0.797. The van der Waals surface area contributed by atoms with Crippen LogP contribution in [0.25, 0.3) is 0 Å². The van der Waals surface area contributed by atoms with E-state index < -0.39 is 11.6 Å². The molecular formula is C24H26F2N2. The first-order valence-electron chi connectivity index (χ1n) is 9.96. The van der Waals surface area contributed by atoms with Crippen LogP contribution >= 0.6 is 0 Å². The van der Waals surface area contributed by atoms with E-state index >= 15 is 0 Å². The van der Waals surface area contributed by atoms with E-state index in [1.807, 2.05) is 0 Å². The predicted octanol–water partition coefficient (Wildman–Crippen LogP) is 5.89. The lowest BCUT2D eigenvalue weighted by Crippen LogP contribution is -2.29. The molecule has 0 spiro atoms. The first-order valence-corrected chi connectivity index (χ1v) is 9.96. The van der Waals surface area contributed by atoms with Crippen molar-refractivity contribution in [1.82, 2.24) is 9.47 Å². The van der Waals surface area contributed by atoms with Crippen molar-refractivity contribution in [1.29, 1.82) is 0 Å². The molecule has 0 saturated heterocycles. The van der Waals surface area contributed by atoms with Gasteiger partial charge in [0.1, 0.15) is 0 Å². The highest BCUT2D eigenvalue weighted by Gasteiger charge is 2.27. The van der Waals surface area contributed by atoms with Gasteiger partial charge in [-0.3, -0.25) is 4.90 Å². The van der Waals surface area contributed by atoms with Crippen molar-refractivity contribution in [3.05, 3.63) is 94.8 Å². The van der Waals surface area contributed by atoms with Gasteiger partial charge in [0.15, 0.2) is 11.6 Å². The van der Waals surface area contributed by atoms with Gasteiger partial charge >= 0.3 is 0 Å². The number of halogens is 2. The summed E-state index contributed by atoms with van der Waals surface area (Å²) in [7, 11) is 0. The van der Waals surface area contributed by atoms with E-state index in [-0.39, 0.29) is 6.04 Å². The second-order valence-electron chi connectivity index (χ2n) is 7.92. The smallest absolute Gasteiger partial charge is 0.159 e. The van der Waals surface area contributed by atoms with Crippen LogP contribution in [0.1, 0.15) is 54.6 Å². The van der Waals surface area contributed by atoms with Gasteiger partial charge in [0.25, 0.3) is 0 Å². The van der Waals surface area contributed by atoms with Crippen LogP contribution in [-0.2, 0) is 13.1 Å². The minimum Gasteiger partial charge on any atom is -0.350 e. The first kappa shape index (κ1) is 18.9. The quantitative estimate of drug-likeness (QED) is 0.548. The predicted molar refractivity (Wildman–Crippen MR) is 108 cm³/mol. The van der Waals surface area contributed by atoms with Crippen LogP contribution in [0, 0.1) is 11.6 Å². The zero-order valence-electron chi connectivity index (χ0n) is 16.4. The van der Waals surface area contributed by atoms with Crippen molar-refractivity contribution in [2.45, 2.75) is 45.3 Å². The number of hydrogen-bond acceptors (Lipinski definition) is 1. The Morgan fingerprint density at radius 2 is 1.75 bits per heavy atom. The zero-order valence-corrected chi connectivity index (χ0v) is 16.4. The summed E-state index contributed by atoms with van der Waals surface area (Å²) in [5, 5.41) is 0. The maximum absolute atomic E-state index is 13.7. The summed E-state index contributed by atoms with van der Waals surface area (Å²) in [5.41, 5.74) is 4.59. The van der Waals surface area contributed by atoms with Gasteiger partial charge in [0, 0.05) is 31.5 Å². The Morgan fingerprint density at radius 1 is 0.964 bits per heavy atom. The molecule has 1 aliphatic rings. The van der Waals surface area contributed by atoms with Crippen LogP contribution < -0.4 is 0 Å². The highest BCUT2D eigenvalue weighted by Crippen LogP contribution is 2.33. The molecule has 0 aliphatic carbocycles. The second-order valence-corrected chi connectivity index (χ2v) is 7.92. The first-order chi connectivity index (χ1) is 13.5. The monoisotopic (exact) mass is 380 g/mol. The number of benzene rings is 2. The zero-order chi connectivity index (χ0) is 19.7. The van der Waals surface area contributed by atoms with Crippen LogP contribution in [0.15, 0.2) is 60.8 Å². The summed E-state index contributed by atoms with van der Waals surface area (Å²) < 4.78 is 29.4. The Balaban J connectivity index is 1.71. The molecule has 1 unspecified atom stereocenters. The average molecular weight is 380 g/mol. The number of nitrogens with zero attached hydrogens (tertiary/aromatic N) is 2. The molecule has 1 aromatic heterocycles. The van der Waals surface area contributed by atoms with Crippen molar-refractivity contribution in [3.63, 3.8) is 0 Å². The Bertz CT molecular complexity index is 943. The van der Waals surface area contributed by atoms with Gasteiger partial charge in [-0.15, -0.1) is 0 Å². The SMILES string of the molecule is CC(C)c1ccc(C2c3cccn3CCCN2Cc2ccc(F)c(F)c2)cc1. The molecule has 1 aliphatic heterocycles. The van der Waals surface area contributed by atoms with Crippen LogP contribution in [0.5, 0.6) is 0 Å². The number of aromatic nitrogens is 1. The van der Waals surface area contributed by atoms with E-state index in [9.17, 15) is 8.78 Å². The minimum absolute atomic E-state index is 0.0897. The van der Waals surface area contributed by atoms with Crippen molar-refractivity contribution in [2.75, 3.05) is 6.54 Å². The Morgan fingerprint density at radius 3 is 2.46 bits per heavy atom. The van der Waals surface area contributed by atoms with Gasteiger partial charge in [-0.1, -0.05) is 44.2 Å². The molecule has 2 aromatic carbocycles.